The number of phenolic OH excluding ortho intramolecular Hbond substituents is 1. The van der Waals surface area contributed by atoms with Gasteiger partial charge >= 0.3 is 6.09 Å². The summed E-state index contributed by atoms with van der Waals surface area (Å²) < 4.78 is 5.39. The fourth-order valence-electron chi connectivity index (χ4n) is 3.78. The second-order valence-electron chi connectivity index (χ2n) is 9.94. The third-order valence-electron chi connectivity index (χ3n) is 5.64. The van der Waals surface area contributed by atoms with Gasteiger partial charge in [0.05, 0.1) is 0 Å². The first-order valence-electron chi connectivity index (χ1n) is 12.5. The molecular formula is C29H39N3O5. The van der Waals surface area contributed by atoms with E-state index in [4.69, 9.17) is 4.74 Å². The highest BCUT2D eigenvalue weighted by Crippen LogP contribution is 2.23. The van der Waals surface area contributed by atoms with E-state index in [2.05, 4.69) is 17.2 Å². The number of aromatic hydroxyl groups is 1. The number of rotatable bonds is 11. The van der Waals surface area contributed by atoms with Gasteiger partial charge in [-0.2, -0.15) is 0 Å². The lowest BCUT2D eigenvalue weighted by atomic mass is 9.99. The largest absolute Gasteiger partial charge is 0.508 e. The van der Waals surface area contributed by atoms with Crippen LogP contribution in [0.3, 0.4) is 0 Å². The highest BCUT2D eigenvalue weighted by Gasteiger charge is 2.34. The molecule has 0 aromatic heterocycles. The number of hydrogen-bond donors (Lipinski definition) is 3. The zero-order valence-corrected chi connectivity index (χ0v) is 22.4. The molecule has 0 saturated carbocycles. The summed E-state index contributed by atoms with van der Waals surface area (Å²) in [5, 5.41) is 15.2. The monoisotopic (exact) mass is 509 g/mol. The second kappa shape index (κ2) is 13.5. The first-order chi connectivity index (χ1) is 17.4. The van der Waals surface area contributed by atoms with E-state index in [1.165, 1.54) is 17.0 Å². The van der Waals surface area contributed by atoms with E-state index in [0.717, 1.165) is 24.0 Å². The molecule has 0 spiro atoms. The number of alkyl carbamates (subject to hydrolysis) is 1. The predicted octanol–water partition coefficient (Wildman–Crippen LogP) is 4.59. The van der Waals surface area contributed by atoms with Gasteiger partial charge in [0.25, 0.3) is 0 Å². The van der Waals surface area contributed by atoms with E-state index in [1.807, 2.05) is 25.1 Å². The second-order valence-corrected chi connectivity index (χ2v) is 9.94. The van der Waals surface area contributed by atoms with Crippen LogP contribution in [-0.4, -0.2) is 53.1 Å². The Hall–Kier alpha value is -3.81. The molecule has 3 N–H and O–H groups in total. The van der Waals surface area contributed by atoms with Gasteiger partial charge in [-0.1, -0.05) is 56.3 Å². The van der Waals surface area contributed by atoms with Crippen LogP contribution < -0.4 is 10.6 Å². The van der Waals surface area contributed by atoms with Crippen molar-refractivity contribution in [1.29, 1.82) is 0 Å². The van der Waals surface area contributed by atoms with Gasteiger partial charge in [-0.15, -0.1) is 0 Å². The zero-order chi connectivity index (χ0) is 27.6. The van der Waals surface area contributed by atoms with Crippen molar-refractivity contribution in [2.24, 2.45) is 0 Å². The van der Waals surface area contributed by atoms with E-state index in [1.54, 1.807) is 52.1 Å². The van der Waals surface area contributed by atoms with Crippen LogP contribution in [0.25, 0.3) is 6.08 Å². The Morgan fingerprint density at radius 2 is 1.81 bits per heavy atom. The summed E-state index contributed by atoms with van der Waals surface area (Å²) in [5.74, 6) is -0.681. The van der Waals surface area contributed by atoms with Gasteiger partial charge in [0.15, 0.2) is 0 Å². The van der Waals surface area contributed by atoms with Crippen LogP contribution in [-0.2, 0) is 20.7 Å². The maximum absolute atomic E-state index is 13.8. The van der Waals surface area contributed by atoms with Crippen LogP contribution in [0.1, 0.15) is 63.3 Å². The number of carbonyl (C=O) groups is 3. The maximum Gasteiger partial charge on any atom is 0.408 e. The van der Waals surface area contributed by atoms with Crippen molar-refractivity contribution in [2.75, 3.05) is 13.6 Å². The summed E-state index contributed by atoms with van der Waals surface area (Å²) in [4.78, 5) is 41.1. The summed E-state index contributed by atoms with van der Waals surface area (Å²) in [5.41, 5.74) is 1.41. The van der Waals surface area contributed by atoms with Crippen LogP contribution in [0.4, 0.5) is 4.79 Å². The van der Waals surface area contributed by atoms with Crippen molar-refractivity contribution in [3.63, 3.8) is 0 Å². The van der Waals surface area contributed by atoms with E-state index in [9.17, 15) is 19.5 Å². The number of phenols is 1. The van der Waals surface area contributed by atoms with Crippen molar-refractivity contribution < 1.29 is 24.2 Å². The number of unbranched alkanes of at least 4 members (excludes halogenated alkanes) is 1. The molecule has 2 aromatic carbocycles. The fourth-order valence-corrected chi connectivity index (χ4v) is 3.78. The number of nitrogens with one attached hydrogen (secondary N) is 2. The molecule has 0 aliphatic rings. The van der Waals surface area contributed by atoms with Gasteiger partial charge in [0.2, 0.25) is 11.8 Å². The Balaban J connectivity index is 2.41. The molecule has 37 heavy (non-hydrogen) atoms. The molecule has 0 bridgehead atoms. The lowest BCUT2D eigenvalue weighted by Gasteiger charge is -2.32. The third-order valence-corrected chi connectivity index (χ3v) is 5.64. The molecule has 3 amide bonds. The van der Waals surface area contributed by atoms with Gasteiger partial charge < -0.3 is 25.4 Å². The van der Waals surface area contributed by atoms with Gasteiger partial charge in [0, 0.05) is 20.0 Å². The van der Waals surface area contributed by atoms with Gasteiger partial charge in [-0.25, -0.2) is 4.79 Å². The number of amides is 3. The molecule has 2 atom stereocenters. The summed E-state index contributed by atoms with van der Waals surface area (Å²) in [6, 6.07) is 11.7. The quantitative estimate of drug-likeness (QED) is 0.384. The number of nitrogens with zero attached hydrogens (tertiary/aromatic N) is 1. The molecule has 0 aliphatic carbocycles. The molecule has 0 saturated heterocycles. The molecule has 2 aromatic rings. The maximum atomic E-state index is 13.8. The van der Waals surface area contributed by atoms with Crippen molar-refractivity contribution in [3.8, 4) is 5.75 Å². The first kappa shape index (κ1) is 29.4. The Morgan fingerprint density at radius 1 is 1.14 bits per heavy atom. The third kappa shape index (κ3) is 9.29. The Bertz CT molecular complexity index is 1080. The number of likely N-dealkylation sites (N-methyl/N-ethyl adjacent to an activating group) is 1. The number of hydrogen-bond acceptors (Lipinski definition) is 5. The van der Waals surface area contributed by atoms with E-state index >= 15 is 0 Å². The van der Waals surface area contributed by atoms with E-state index in [-0.39, 0.29) is 18.1 Å². The van der Waals surface area contributed by atoms with Crippen LogP contribution in [0.2, 0.25) is 0 Å². The molecule has 200 valence electrons. The van der Waals surface area contributed by atoms with E-state index in [0.29, 0.717) is 12.1 Å². The Labute approximate surface area is 219 Å². The minimum Gasteiger partial charge on any atom is -0.508 e. The molecule has 0 aliphatic heterocycles. The molecule has 2 rings (SSSR count). The average molecular weight is 510 g/mol. The highest BCUT2D eigenvalue weighted by molar-refractivity contribution is 5.92. The summed E-state index contributed by atoms with van der Waals surface area (Å²) in [6.07, 6.45) is 2.80. The lowest BCUT2D eigenvalue weighted by molar-refractivity contribution is -0.140. The molecular weight excluding hydrogens is 470 g/mol. The smallest absolute Gasteiger partial charge is 0.408 e. The molecule has 8 nitrogen and oxygen atoms in total. The minimum atomic E-state index is -1.02. The Kier molecular flexibility index (Phi) is 10.7. The molecule has 0 heterocycles. The van der Waals surface area contributed by atoms with E-state index < -0.39 is 29.7 Å². The topological polar surface area (TPSA) is 108 Å². The summed E-state index contributed by atoms with van der Waals surface area (Å²) in [7, 11) is 1.55. The fraction of sp³-hybridized carbons (Fsp3) is 0.414. The molecule has 8 heteroatoms. The van der Waals surface area contributed by atoms with Crippen molar-refractivity contribution >= 4 is 24.0 Å². The van der Waals surface area contributed by atoms with Crippen molar-refractivity contribution in [1.82, 2.24) is 15.5 Å². The zero-order valence-electron chi connectivity index (χ0n) is 22.4. The standard InChI is InChI=1S/C29H39N3O5/c1-7-9-17-30-26(34)25(22-12-10-11-20(8-2)18-22)32(6)27(35)24(31-28(36)37-29(3,4)5)19-21-13-15-23(33)16-14-21/h8,10-16,18,24-25,33H,2,7,9,17,19H2,1,3-6H3,(H,30,34)(H,31,36). The van der Waals surface area contributed by atoms with Gasteiger partial charge in [0.1, 0.15) is 23.4 Å². The summed E-state index contributed by atoms with van der Waals surface area (Å²) >= 11 is 0. The SMILES string of the molecule is C=Cc1cccc(C(C(=O)NCCCC)N(C)C(=O)C(Cc2ccc(O)cc2)NC(=O)OC(C)(C)C)c1. The lowest BCUT2D eigenvalue weighted by Crippen LogP contribution is -2.52. The van der Waals surface area contributed by atoms with Crippen LogP contribution >= 0.6 is 0 Å². The predicted molar refractivity (Wildman–Crippen MR) is 145 cm³/mol. The molecule has 0 fully saturated rings. The normalized spacial score (nSPS) is 12.7. The van der Waals surface area contributed by atoms with Gasteiger partial charge in [-0.3, -0.25) is 9.59 Å². The number of ether oxygens (including phenoxy) is 1. The first-order valence-corrected chi connectivity index (χ1v) is 12.5. The van der Waals surface area contributed by atoms with Crippen LogP contribution in [0.15, 0.2) is 55.1 Å². The van der Waals surface area contributed by atoms with Crippen molar-refractivity contribution in [2.45, 2.75) is 64.6 Å². The number of benzene rings is 2. The average Bonchev–Trinajstić information content (AvgIpc) is 2.83. The highest BCUT2D eigenvalue weighted by atomic mass is 16.6. The molecule has 2 unspecified atom stereocenters. The van der Waals surface area contributed by atoms with Crippen molar-refractivity contribution in [3.05, 3.63) is 71.8 Å². The molecule has 0 radical (unpaired) electrons. The minimum absolute atomic E-state index is 0.0924. The van der Waals surface area contributed by atoms with Crippen LogP contribution in [0.5, 0.6) is 5.75 Å². The van der Waals surface area contributed by atoms with Crippen LogP contribution in [0, 0.1) is 0 Å². The Morgan fingerprint density at radius 3 is 2.41 bits per heavy atom. The number of carbonyl (C=O) groups excluding carboxylic acids is 3. The van der Waals surface area contributed by atoms with Gasteiger partial charge in [-0.05, 0) is 62.1 Å². The summed E-state index contributed by atoms with van der Waals surface area (Å²) in [6.45, 7) is 11.5.